The highest BCUT2D eigenvalue weighted by molar-refractivity contribution is 6.05. The van der Waals surface area contributed by atoms with E-state index in [0.717, 1.165) is 31.6 Å². The third-order valence-electron chi connectivity index (χ3n) is 5.73. The molecule has 0 aliphatic carbocycles. The molecule has 0 unspecified atom stereocenters. The third-order valence-corrected chi connectivity index (χ3v) is 5.73. The Bertz CT molecular complexity index is 1090. The Morgan fingerprint density at radius 1 is 1.00 bits per heavy atom. The van der Waals surface area contributed by atoms with Crippen molar-refractivity contribution >= 4 is 16.9 Å². The lowest BCUT2D eigenvalue weighted by atomic mass is 10.0. The minimum absolute atomic E-state index is 0.0698. The number of amides is 1. The minimum Gasteiger partial charge on any atom is -0.455 e. The zero-order valence-corrected chi connectivity index (χ0v) is 17.0. The van der Waals surface area contributed by atoms with Crippen molar-refractivity contribution in [3.8, 4) is 11.3 Å². The Kier molecular flexibility index (Phi) is 5.49. The van der Waals surface area contributed by atoms with Gasteiger partial charge in [0.25, 0.3) is 5.91 Å². The van der Waals surface area contributed by atoms with Crippen LogP contribution in [-0.2, 0) is 0 Å². The summed E-state index contributed by atoms with van der Waals surface area (Å²) in [5.74, 6) is 0.455. The van der Waals surface area contributed by atoms with Crippen molar-refractivity contribution in [2.24, 2.45) is 0 Å². The molecule has 1 aliphatic heterocycles. The van der Waals surface area contributed by atoms with Crippen LogP contribution in [0.5, 0.6) is 0 Å². The lowest BCUT2D eigenvalue weighted by Crippen LogP contribution is -2.35. The number of para-hydroxylation sites is 1. The average molecular weight is 390 g/mol. The lowest BCUT2D eigenvalue weighted by molar-refractivity contribution is 0.0762. The summed E-state index contributed by atoms with van der Waals surface area (Å²) >= 11 is 0. The Labute approximate surface area is 170 Å². The van der Waals surface area contributed by atoms with Crippen molar-refractivity contribution in [1.29, 1.82) is 0 Å². The predicted molar refractivity (Wildman–Crippen MR) is 115 cm³/mol. The summed E-state index contributed by atoms with van der Waals surface area (Å²) < 4.78 is 6.22. The molecule has 5 nitrogen and oxygen atoms in total. The van der Waals surface area contributed by atoms with Gasteiger partial charge in [-0.3, -0.25) is 9.59 Å². The Balaban J connectivity index is 1.80. The number of fused-ring (bicyclic) bond motifs is 1. The van der Waals surface area contributed by atoms with E-state index in [-0.39, 0.29) is 11.3 Å². The number of hydrogen-bond acceptors (Lipinski definition) is 4. The van der Waals surface area contributed by atoms with Gasteiger partial charge in [-0.15, -0.1) is 0 Å². The first-order valence-electron chi connectivity index (χ1n) is 10.2. The maximum Gasteiger partial charge on any atom is 0.257 e. The summed E-state index contributed by atoms with van der Waals surface area (Å²) in [5, 5.41) is 0.457. The molecule has 5 heteroatoms. The van der Waals surface area contributed by atoms with Gasteiger partial charge in [0.1, 0.15) is 5.76 Å². The van der Waals surface area contributed by atoms with Crippen LogP contribution in [0.25, 0.3) is 22.3 Å². The van der Waals surface area contributed by atoms with Crippen molar-refractivity contribution in [2.45, 2.75) is 20.3 Å². The van der Waals surface area contributed by atoms with Crippen molar-refractivity contribution in [3.63, 3.8) is 0 Å². The van der Waals surface area contributed by atoms with Crippen LogP contribution in [0.3, 0.4) is 0 Å². The number of likely N-dealkylation sites (N-methyl/N-ethyl adjacent to an activating group) is 1. The summed E-state index contributed by atoms with van der Waals surface area (Å²) in [6.07, 6.45) is 0.947. The smallest absolute Gasteiger partial charge is 0.257 e. The van der Waals surface area contributed by atoms with Crippen molar-refractivity contribution in [1.82, 2.24) is 9.80 Å². The van der Waals surface area contributed by atoms with Crippen LogP contribution in [-0.4, -0.2) is 48.4 Å². The standard InChI is InChI=1S/C24H26N2O3/c1-3-25-13-8-14-26(16-15-25)24(28)20-12-7-11-19-21(27)17(2)22(29-23(19)20)18-9-5-4-6-10-18/h4-7,9-12H,3,8,13-16H2,1-2H3. The SMILES string of the molecule is CCN1CCCN(C(=O)c2cccc3c(=O)c(C)c(-c4ccccc4)oc23)CC1. The predicted octanol–water partition coefficient (Wildman–Crippen LogP) is 3.94. The second-order valence-corrected chi connectivity index (χ2v) is 7.51. The fraction of sp³-hybridized carbons (Fsp3) is 0.333. The number of carbonyl (C=O) groups is 1. The number of hydrogen-bond donors (Lipinski definition) is 0. The zero-order chi connectivity index (χ0) is 20.4. The molecule has 0 saturated carbocycles. The van der Waals surface area contributed by atoms with Crippen LogP contribution in [0.2, 0.25) is 0 Å². The van der Waals surface area contributed by atoms with E-state index in [0.29, 0.717) is 40.9 Å². The quantitative estimate of drug-likeness (QED) is 0.680. The van der Waals surface area contributed by atoms with Crippen LogP contribution in [0.4, 0.5) is 0 Å². The highest BCUT2D eigenvalue weighted by atomic mass is 16.3. The molecule has 0 atom stereocenters. The molecule has 0 bridgehead atoms. The van der Waals surface area contributed by atoms with E-state index in [9.17, 15) is 9.59 Å². The van der Waals surface area contributed by atoms with Gasteiger partial charge in [0.2, 0.25) is 0 Å². The summed E-state index contributed by atoms with van der Waals surface area (Å²) in [4.78, 5) is 30.6. The van der Waals surface area contributed by atoms with Gasteiger partial charge in [-0.1, -0.05) is 43.3 Å². The van der Waals surface area contributed by atoms with Gasteiger partial charge >= 0.3 is 0 Å². The fourth-order valence-electron chi connectivity index (χ4n) is 4.00. The highest BCUT2D eigenvalue weighted by Crippen LogP contribution is 2.28. The van der Waals surface area contributed by atoms with Gasteiger partial charge < -0.3 is 14.2 Å². The number of nitrogens with zero attached hydrogens (tertiary/aromatic N) is 2. The Hall–Kier alpha value is -2.92. The molecule has 2 heterocycles. The van der Waals surface area contributed by atoms with Gasteiger partial charge in [0.05, 0.1) is 10.9 Å². The lowest BCUT2D eigenvalue weighted by Gasteiger charge is -2.22. The third kappa shape index (κ3) is 3.70. The number of carbonyl (C=O) groups excluding carboxylic acids is 1. The van der Waals surface area contributed by atoms with Crippen LogP contribution in [0.1, 0.15) is 29.3 Å². The van der Waals surface area contributed by atoms with Gasteiger partial charge in [0, 0.05) is 30.8 Å². The van der Waals surface area contributed by atoms with Crippen LogP contribution in [0.15, 0.2) is 57.7 Å². The highest BCUT2D eigenvalue weighted by Gasteiger charge is 2.24. The monoisotopic (exact) mass is 390 g/mol. The van der Waals surface area contributed by atoms with E-state index in [1.54, 1.807) is 25.1 Å². The largest absolute Gasteiger partial charge is 0.455 e. The molecular weight excluding hydrogens is 364 g/mol. The Morgan fingerprint density at radius 3 is 2.55 bits per heavy atom. The second kappa shape index (κ2) is 8.21. The molecule has 0 spiro atoms. The topological polar surface area (TPSA) is 53.8 Å². The summed E-state index contributed by atoms with van der Waals surface area (Å²) in [5.41, 5.74) is 2.14. The summed E-state index contributed by atoms with van der Waals surface area (Å²) in [7, 11) is 0. The summed E-state index contributed by atoms with van der Waals surface area (Å²) in [6, 6.07) is 14.8. The minimum atomic E-state index is -0.0900. The van der Waals surface area contributed by atoms with Crippen LogP contribution in [0, 0.1) is 6.92 Å². The van der Waals surface area contributed by atoms with E-state index in [2.05, 4.69) is 11.8 Å². The molecule has 4 rings (SSSR count). The molecule has 3 aromatic rings. The molecular formula is C24H26N2O3. The maximum absolute atomic E-state index is 13.4. The van der Waals surface area contributed by atoms with E-state index < -0.39 is 0 Å². The molecule has 150 valence electrons. The van der Waals surface area contributed by atoms with Gasteiger partial charge in [-0.2, -0.15) is 0 Å². The van der Waals surface area contributed by atoms with Crippen LogP contribution >= 0.6 is 0 Å². The van der Waals surface area contributed by atoms with Gasteiger partial charge in [-0.25, -0.2) is 0 Å². The number of benzene rings is 2. The first-order chi connectivity index (χ1) is 14.1. The fourth-order valence-corrected chi connectivity index (χ4v) is 4.00. The molecule has 1 saturated heterocycles. The van der Waals surface area contributed by atoms with Gasteiger partial charge in [-0.05, 0) is 38.6 Å². The molecule has 1 amide bonds. The Morgan fingerprint density at radius 2 is 1.79 bits per heavy atom. The van der Waals surface area contributed by atoms with Crippen molar-refractivity contribution in [3.05, 3.63) is 69.9 Å². The van der Waals surface area contributed by atoms with E-state index in [1.165, 1.54) is 0 Å². The first-order valence-corrected chi connectivity index (χ1v) is 10.2. The van der Waals surface area contributed by atoms with E-state index in [1.807, 2.05) is 35.2 Å². The molecule has 1 fully saturated rings. The van der Waals surface area contributed by atoms with E-state index >= 15 is 0 Å². The molecule has 1 aliphatic rings. The number of rotatable bonds is 3. The molecule has 29 heavy (non-hydrogen) atoms. The van der Waals surface area contributed by atoms with Crippen molar-refractivity contribution < 1.29 is 9.21 Å². The average Bonchev–Trinajstić information content (AvgIpc) is 3.01. The summed E-state index contributed by atoms with van der Waals surface area (Å²) in [6.45, 7) is 8.18. The molecule has 0 N–H and O–H groups in total. The van der Waals surface area contributed by atoms with Crippen LogP contribution < -0.4 is 5.43 Å². The van der Waals surface area contributed by atoms with Gasteiger partial charge in [0.15, 0.2) is 11.0 Å². The first kappa shape index (κ1) is 19.4. The zero-order valence-electron chi connectivity index (χ0n) is 17.0. The molecule has 1 aromatic heterocycles. The molecule has 2 aromatic carbocycles. The maximum atomic E-state index is 13.4. The van der Waals surface area contributed by atoms with E-state index in [4.69, 9.17) is 4.42 Å². The van der Waals surface area contributed by atoms with Crippen molar-refractivity contribution in [2.75, 3.05) is 32.7 Å². The normalized spacial score (nSPS) is 15.4. The molecule has 0 radical (unpaired) electrons. The second-order valence-electron chi connectivity index (χ2n) is 7.51.